The third-order valence-corrected chi connectivity index (χ3v) is 5.58. The zero-order chi connectivity index (χ0) is 21.0. The van der Waals surface area contributed by atoms with Crippen LogP contribution in [0.4, 0.5) is 17.2 Å². The maximum Gasteiger partial charge on any atom is 0.265 e. The first-order valence-corrected chi connectivity index (χ1v) is 10.4. The monoisotopic (exact) mass is 422 g/mol. The normalized spacial score (nSPS) is 11.1. The molecular weight excluding hydrogens is 404 g/mol. The molecule has 30 heavy (non-hydrogen) atoms. The Bertz CT molecular complexity index is 1220. The molecule has 2 heterocycles. The molecule has 9 nitrogen and oxygen atoms in total. The van der Waals surface area contributed by atoms with Gasteiger partial charge in [-0.1, -0.05) is 12.1 Å². The van der Waals surface area contributed by atoms with Crippen LogP contribution >= 0.6 is 0 Å². The zero-order valence-electron chi connectivity index (χ0n) is 15.9. The van der Waals surface area contributed by atoms with Gasteiger partial charge in [-0.25, -0.2) is 13.1 Å². The van der Waals surface area contributed by atoms with Crippen LogP contribution in [0.5, 0.6) is 5.75 Å². The molecule has 2 aromatic heterocycles. The van der Waals surface area contributed by atoms with Gasteiger partial charge in [0.15, 0.2) is 11.6 Å². The lowest BCUT2D eigenvalue weighted by atomic mass is 10.3. The lowest BCUT2D eigenvalue weighted by Crippen LogP contribution is -2.14. The second-order valence-corrected chi connectivity index (χ2v) is 7.84. The number of para-hydroxylation sites is 1. The van der Waals surface area contributed by atoms with Crippen LogP contribution < -0.4 is 14.8 Å². The molecule has 4 rings (SSSR count). The van der Waals surface area contributed by atoms with E-state index in [4.69, 9.17) is 4.74 Å². The Morgan fingerprint density at radius 1 is 0.900 bits per heavy atom. The minimum atomic E-state index is -3.78. The third-order valence-electron chi connectivity index (χ3n) is 4.16. The van der Waals surface area contributed by atoms with Crippen LogP contribution in [0.2, 0.25) is 0 Å². The molecule has 0 aliphatic carbocycles. The number of anilines is 3. The van der Waals surface area contributed by atoms with Gasteiger partial charge in [0.05, 0.1) is 7.11 Å². The second-order valence-electron chi connectivity index (χ2n) is 6.19. The maximum absolute atomic E-state index is 12.7. The Balaban J connectivity index is 1.45. The molecule has 0 unspecified atom stereocenters. The molecule has 2 aromatic carbocycles. The topological polar surface area (TPSA) is 111 Å². The summed E-state index contributed by atoms with van der Waals surface area (Å²) in [5.74, 6) is 1.43. The molecule has 0 amide bonds. The Kier molecular flexibility index (Phi) is 5.31. The standard InChI is InChI=1S/C20H18N6O3S/c1-29-17-5-2-3-6-18(17)30(27,28)25-16-9-7-15(8-10-16)22-19-11-12-20(24-23-19)26-14-4-13-21-26/h2-14,25H,1H3,(H,22,23). The van der Waals surface area contributed by atoms with E-state index in [1.54, 1.807) is 77.7 Å². The minimum Gasteiger partial charge on any atom is -0.495 e. The van der Waals surface area contributed by atoms with Gasteiger partial charge in [0.25, 0.3) is 10.0 Å². The SMILES string of the molecule is COc1ccccc1S(=O)(=O)Nc1ccc(Nc2ccc(-n3cccn3)nn2)cc1. The number of sulfonamides is 1. The molecular formula is C20H18N6O3S. The van der Waals surface area contributed by atoms with Crippen molar-refractivity contribution in [2.75, 3.05) is 17.1 Å². The van der Waals surface area contributed by atoms with Crippen molar-refractivity contribution in [1.82, 2.24) is 20.0 Å². The van der Waals surface area contributed by atoms with Crippen LogP contribution in [0.25, 0.3) is 5.82 Å². The van der Waals surface area contributed by atoms with Crippen molar-refractivity contribution in [3.63, 3.8) is 0 Å². The fourth-order valence-corrected chi connectivity index (χ4v) is 3.97. The van der Waals surface area contributed by atoms with E-state index in [2.05, 4.69) is 25.3 Å². The number of benzene rings is 2. The summed E-state index contributed by atoms with van der Waals surface area (Å²) in [5, 5.41) is 15.5. The molecule has 2 N–H and O–H groups in total. The van der Waals surface area contributed by atoms with Crippen LogP contribution in [0, 0.1) is 0 Å². The van der Waals surface area contributed by atoms with E-state index in [0.717, 1.165) is 5.69 Å². The molecule has 0 spiro atoms. The number of nitrogens with one attached hydrogen (secondary N) is 2. The quantitative estimate of drug-likeness (QED) is 0.470. The van der Waals surface area contributed by atoms with Gasteiger partial charge in [-0.3, -0.25) is 4.72 Å². The predicted molar refractivity (Wildman–Crippen MR) is 113 cm³/mol. The molecule has 10 heteroatoms. The van der Waals surface area contributed by atoms with E-state index in [0.29, 0.717) is 17.3 Å². The molecule has 0 atom stereocenters. The number of hydrogen-bond donors (Lipinski definition) is 2. The molecule has 152 valence electrons. The smallest absolute Gasteiger partial charge is 0.265 e. The molecule has 0 radical (unpaired) electrons. The van der Waals surface area contributed by atoms with E-state index >= 15 is 0 Å². The highest BCUT2D eigenvalue weighted by atomic mass is 32.2. The van der Waals surface area contributed by atoms with E-state index in [1.165, 1.54) is 13.2 Å². The van der Waals surface area contributed by atoms with Gasteiger partial charge < -0.3 is 10.1 Å². The number of hydrogen-bond acceptors (Lipinski definition) is 7. The summed E-state index contributed by atoms with van der Waals surface area (Å²) in [6.07, 6.45) is 3.44. The highest BCUT2D eigenvalue weighted by Gasteiger charge is 2.18. The first kappa shape index (κ1) is 19.4. The van der Waals surface area contributed by atoms with Crippen molar-refractivity contribution in [3.05, 3.63) is 79.1 Å². The van der Waals surface area contributed by atoms with Crippen LogP contribution in [0.3, 0.4) is 0 Å². The second kappa shape index (κ2) is 8.21. The largest absolute Gasteiger partial charge is 0.495 e. The maximum atomic E-state index is 12.7. The number of methoxy groups -OCH3 is 1. The summed E-state index contributed by atoms with van der Waals surface area (Å²) in [4.78, 5) is 0.0715. The highest BCUT2D eigenvalue weighted by molar-refractivity contribution is 7.92. The summed E-state index contributed by atoms with van der Waals surface area (Å²) in [6.45, 7) is 0. The van der Waals surface area contributed by atoms with Gasteiger partial charge in [-0.05, 0) is 54.6 Å². The third kappa shape index (κ3) is 4.23. The van der Waals surface area contributed by atoms with Gasteiger partial charge in [-0.15, -0.1) is 10.2 Å². The van der Waals surface area contributed by atoms with Crippen molar-refractivity contribution >= 4 is 27.2 Å². The average Bonchev–Trinajstić information content (AvgIpc) is 3.30. The fraction of sp³-hybridized carbons (Fsp3) is 0.0500. The summed E-state index contributed by atoms with van der Waals surface area (Å²) in [6, 6.07) is 18.6. The Hall–Kier alpha value is -3.92. The first-order chi connectivity index (χ1) is 14.5. The number of nitrogens with zero attached hydrogens (tertiary/aromatic N) is 4. The van der Waals surface area contributed by atoms with E-state index < -0.39 is 10.0 Å². The molecule has 0 aliphatic rings. The lowest BCUT2D eigenvalue weighted by Gasteiger charge is -2.12. The number of aromatic nitrogens is 4. The Morgan fingerprint density at radius 3 is 2.33 bits per heavy atom. The van der Waals surface area contributed by atoms with Crippen LogP contribution in [-0.2, 0) is 10.0 Å². The molecule has 0 aliphatic heterocycles. The van der Waals surface area contributed by atoms with E-state index in [-0.39, 0.29) is 10.6 Å². The van der Waals surface area contributed by atoms with Crippen LogP contribution in [0.1, 0.15) is 0 Å². The van der Waals surface area contributed by atoms with Crippen molar-refractivity contribution in [1.29, 1.82) is 0 Å². The summed E-state index contributed by atoms with van der Waals surface area (Å²) in [7, 11) is -2.35. The fourth-order valence-electron chi connectivity index (χ4n) is 2.74. The van der Waals surface area contributed by atoms with Crippen LogP contribution in [-0.4, -0.2) is 35.5 Å². The minimum absolute atomic E-state index is 0.0715. The van der Waals surface area contributed by atoms with E-state index in [1.807, 2.05) is 0 Å². The average molecular weight is 422 g/mol. The van der Waals surface area contributed by atoms with Crippen molar-refractivity contribution in [2.45, 2.75) is 4.90 Å². The Morgan fingerprint density at radius 2 is 1.67 bits per heavy atom. The van der Waals surface area contributed by atoms with Crippen molar-refractivity contribution < 1.29 is 13.2 Å². The van der Waals surface area contributed by atoms with Crippen molar-refractivity contribution in [3.8, 4) is 11.6 Å². The summed E-state index contributed by atoms with van der Waals surface area (Å²) >= 11 is 0. The van der Waals surface area contributed by atoms with Gasteiger partial charge in [0, 0.05) is 23.8 Å². The lowest BCUT2D eigenvalue weighted by molar-refractivity contribution is 0.403. The van der Waals surface area contributed by atoms with Crippen LogP contribution in [0.15, 0.2) is 84.0 Å². The molecule has 0 fully saturated rings. The molecule has 0 saturated carbocycles. The summed E-state index contributed by atoms with van der Waals surface area (Å²) < 4.78 is 34.6. The van der Waals surface area contributed by atoms with Gasteiger partial charge in [0.2, 0.25) is 0 Å². The molecule has 4 aromatic rings. The highest BCUT2D eigenvalue weighted by Crippen LogP contribution is 2.26. The predicted octanol–water partition coefficient (Wildman–Crippen LogP) is 3.22. The number of rotatable bonds is 7. The molecule has 0 bridgehead atoms. The van der Waals surface area contributed by atoms with E-state index in [9.17, 15) is 8.42 Å². The van der Waals surface area contributed by atoms with Gasteiger partial charge in [-0.2, -0.15) is 5.10 Å². The Labute approximate surface area is 173 Å². The van der Waals surface area contributed by atoms with Crippen molar-refractivity contribution in [2.24, 2.45) is 0 Å². The van der Waals surface area contributed by atoms with Gasteiger partial charge >= 0.3 is 0 Å². The zero-order valence-corrected chi connectivity index (χ0v) is 16.7. The first-order valence-electron chi connectivity index (χ1n) is 8.92. The van der Waals surface area contributed by atoms with Gasteiger partial charge in [0.1, 0.15) is 10.6 Å². The summed E-state index contributed by atoms with van der Waals surface area (Å²) in [5.41, 5.74) is 1.16. The number of ether oxygens (including phenoxy) is 1. The molecule has 0 saturated heterocycles.